The average molecular weight is 390 g/mol. The molecule has 0 aromatic rings. The van der Waals surface area contributed by atoms with Gasteiger partial charge < -0.3 is 5.32 Å². The van der Waals surface area contributed by atoms with Crippen molar-refractivity contribution < 1.29 is 4.79 Å². The lowest BCUT2D eigenvalue weighted by atomic mass is 9.80. The van der Waals surface area contributed by atoms with Crippen molar-refractivity contribution in [2.24, 2.45) is 11.8 Å². The number of carbonyl (C=O) groups excluding carboxylic acids is 1. The first-order valence-electron chi connectivity index (χ1n) is 13.1. The molecule has 0 spiro atoms. The van der Waals surface area contributed by atoms with Crippen molar-refractivity contribution in [2.75, 3.05) is 0 Å². The summed E-state index contributed by atoms with van der Waals surface area (Å²) in [7, 11) is 0. The van der Waals surface area contributed by atoms with E-state index in [1.165, 1.54) is 116 Å². The molecule has 2 heteroatoms. The minimum Gasteiger partial charge on any atom is -0.311 e. The van der Waals surface area contributed by atoms with Crippen LogP contribution in [0.25, 0.3) is 0 Å². The van der Waals surface area contributed by atoms with Crippen molar-refractivity contribution in [3.63, 3.8) is 0 Å². The molecule has 1 saturated heterocycles. The largest absolute Gasteiger partial charge is 0.311 e. The molecular formula is C26H47NO. The lowest BCUT2D eigenvalue weighted by Gasteiger charge is -2.28. The highest BCUT2D eigenvalue weighted by Gasteiger charge is 2.32. The summed E-state index contributed by atoms with van der Waals surface area (Å²) in [5.41, 5.74) is 0. The van der Waals surface area contributed by atoms with Crippen LogP contribution in [0.5, 0.6) is 0 Å². The Morgan fingerprint density at radius 1 is 0.464 bits per heavy atom. The average Bonchev–Trinajstić information content (AvgIpc) is 2.73. The molecule has 3 fully saturated rings. The zero-order valence-electron chi connectivity index (χ0n) is 18.6. The fraction of sp³-hybridized carbons (Fsp3) is 0.962. The first kappa shape index (κ1) is 22.3. The van der Waals surface area contributed by atoms with E-state index in [-0.39, 0.29) is 0 Å². The number of carbonyl (C=O) groups is 1. The van der Waals surface area contributed by atoms with Crippen LogP contribution in [0.3, 0.4) is 0 Å². The second-order valence-electron chi connectivity index (χ2n) is 10.3. The smallest absolute Gasteiger partial charge is 0.139 e. The highest BCUT2D eigenvalue weighted by molar-refractivity contribution is 5.83. The molecule has 4 bridgehead atoms. The van der Waals surface area contributed by atoms with Crippen LogP contribution < -0.4 is 5.32 Å². The van der Waals surface area contributed by atoms with E-state index in [0.29, 0.717) is 29.7 Å². The van der Waals surface area contributed by atoms with Gasteiger partial charge in [0, 0.05) is 23.9 Å². The van der Waals surface area contributed by atoms with Crippen LogP contribution in [-0.2, 0) is 4.79 Å². The molecule has 1 N–H and O–H groups in total. The standard InChI is InChI=1S/C26H47NO/c28-26-22-15-11-8-6-10-13-17-24(20-19-22)27-25-18-14-9-5-3-1-2-4-7-12-16-23(26)21-25/h22-25,27H,1-21H2/t22-,23?,24?,25?/m1/s1. The van der Waals surface area contributed by atoms with Crippen molar-refractivity contribution >= 4 is 5.78 Å². The van der Waals surface area contributed by atoms with Gasteiger partial charge in [-0.15, -0.1) is 0 Å². The fourth-order valence-electron chi connectivity index (χ4n) is 6.13. The Balaban J connectivity index is 1.72. The molecule has 28 heavy (non-hydrogen) atoms. The van der Waals surface area contributed by atoms with Gasteiger partial charge in [0.15, 0.2) is 0 Å². The van der Waals surface area contributed by atoms with E-state index >= 15 is 0 Å². The first-order chi connectivity index (χ1) is 13.8. The van der Waals surface area contributed by atoms with Crippen molar-refractivity contribution in [3.05, 3.63) is 0 Å². The Hall–Kier alpha value is -0.370. The van der Waals surface area contributed by atoms with Gasteiger partial charge in [-0.1, -0.05) is 89.9 Å². The van der Waals surface area contributed by atoms with Crippen LogP contribution in [0.4, 0.5) is 0 Å². The van der Waals surface area contributed by atoms with E-state index < -0.39 is 0 Å². The van der Waals surface area contributed by atoms with Gasteiger partial charge >= 0.3 is 0 Å². The summed E-state index contributed by atoms with van der Waals surface area (Å²) in [5, 5.41) is 4.10. The number of Topliss-reactive ketones (excluding diaryl/α,β-unsaturated/α-hetero) is 1. The maximum absolute atomic E-state index is 13.6. The predicted octanol–water partition coefficient (Wildman–Crippen LogP) is 7.35. The van der Waals surface area contributed by atoms with Crippen molar-refractivity contribution in [2.45, 2.75) is 147 Å². The molecule has 2 aliphatic carbocycles. The SMILES string of the molecule is O=C1C2CCCCCCCCCCCC(C2)NC2CCCCCCC[C@@H]1CC2. The molecule has 162 valence electrons. The molecular weight excluding hydrogens is 342 g/mol. The Morgan fingerprint density at radius 2 is 0.929 bits per heavy atom. The Kier molecular flexibility index (Phi) is 10.4. The van der Waals surface area contributed by atoms with Crippen molar-refractivity contribution in [1.82, 2.24) is 5.32 Å². The van der Waals surface area contributed by atoms with Crippen LogP contribution in [0.1, 0.15) is 135 Å². The van der Waals surface area contributed by atoms with E-state index in [1.807, 2.05) is 0 Å². The van der Waals surface area contributed by atoms with Crippen LogP contribution in [0.2, 0.25) is 0 Å². The van der Waals surface area contributed by atoms with E-state index in [0.717, 1.165) is 19.3 Å². The number of ketones is 1. The summed E-state index contributed by atoms with van der Waals surface area (Å²) in [6.45, 7) is 0. The Bertz CT molecular complexity index is 434. The minimum absolute atomic E-state index is 0.340. The lowest BCUT2D eigenvalue weighted by Crippen LogP contribution is -2.39. The minimum atomic E-state index is 0.340. The van der Waals surface area contributed by atoms with Crippen LogP contribution in [0.15, 0.2) is 0 Å². The molecule has 3 rings (SSSR count). The Morgan fingerprint density at radius 3 is 1.54 bits per heavy atom. The van der Waals surface area contributed by atoms with E-state index in [9.17, 15) is 4.79 Å². The highest BCUT2D eigenvalue weighted by Crippen LogP contribution is 2.32. The second kappa shape index (κ2) is 13.0. The first-order valence-corrected chi connectivity index (χ1v) is 13.1. The zero-order chi connectivity index (χ0) is 19.4. The molecule has 0 aromatic carbocycles. The molecule has 0 radical (unpaired) electrons. The molecule has 3 aliphatic rings. The third kappa shape index (κ3) is 7.81. The monoisotopic (exact) mass is 389 g/mol. The normalized spacial score (nSPS) is 35.6. The molecule has 2 saturated carbocycles. The van der Waals surface area contributed by atoms with Crippen LogP contribution in [0, 0.1) is 11.8 Å². The lowest BCUT2D eigenvalue weighted by molar-refractivity contribution is -0.127. The molecule has 3 unspecified atom stereocenters. The highest BCUT2D eigenvalue weighted by atomic mass is 16.1. The van der Waals surface area contributed by atoms with Crippen LogP contribution in [-0.4, -0.2) is 17.9 Å². The summed E-state index contributed by atoms with van der Waals surface area (Å²) in [5.74, 6) is 1.37. The third-order valence-corrected chi connectivity index (χ3v) is 7.92. The van der Waals surface area contributed by atoms with Gasteiger partial charge in [-0.2, -0.15) is 0 Å². The molecule has 2 nitrogen and oxygen atoms in total. The van der Waals surface area contributed by atoms with Gasteiger partial charge in [0.1, 0.15) is 5.78 Å². The maximum atomic E-state index is 13.6. The van der Waals surface area contributed by atoms with E-state index in [4.69, 9.17) is 0 Å². The number of rotatable bonds is 0. The topological polar surface area (TPSA) is 29.1 Å². The fourth-order valence-corrected chi connectivity index (χ4v) is 6.13. The molecule has 1 aliphatic heterocycles. The van der Waals surface area contributed by atoms with Gasteiger partial charge in [0.2, 0.25) is 0 Å². The summed E-state index contributed by atoms with van der Waals surface area (Å²) < 4.78 is 0. The third-order valence-electron chi connectivity index (χ3n) is 7.92. The molecule has 1 heterocycles. The molecule has 4 atom stereocenters. The van der Waals surface area contributed by atoms with Crippen molar-refractivity contribution in [1.29, 1.82) is 0 Å². The van der Waals surface area contributed by atoms with Crippen LogP contribution >= 0.6 is 0 Å². The summed E-state index contributed by atoms with van der Waals surface area (Å²) in [6.07, 6.45) is 27.7. The van der Waals surface area contributed by atoms with E-state index in [2.05, 4.69) is 5.32 Å². The number of fused-ring (bicyclic) bond motifs is 5. The van der Waals surface area contributed by atoms with Gasteiger partial charge in [0.25, 0.3) is 0 Å². The summed E-state index contributed by atoms with van der Waals surface area (Å²) in [4.78, 5) is 13.6. The van der Waals surface area contributed by atoms with Gasteiger partial charge in [-0.05, 0) is 44.9 Å². The summed E-state index contributed by atoms with van der Waals surface area (Å²) >= 11 is 0. The number of hydrogen-bond donors (Lipinski definition) is 1. The van der Waals surface area contributed by atoms with E-state index in [1.54, 1.807) is 0 Å². The number of hydrogen-bond acceptors (Lipinski definition) is 2. The second-order valence-corrected chi connectivity index (χ2v) is 10.3. The van der Waals surface area contributed by atoms with Gasteiger partial charge in [-0.3, -0.25) is 4.79 Å². The van der Waals surface area contributed by atoms with Crippen molar-refractivity contribution in [3.8, 4) is 0 Å². The zero-order valence-corrected chi connectivity index (χ0v) is 18.6. The maximum Gasteiger partial charge on any atom is 0.139 e. The number of nitrogens with one attached hydrogen (secondary N) is 1. The summed E-state index contributed by atoms with van der Waals surface area (Å²) in [6, 6.07) is 1.25. The molecule has 0 aromatic heterocycles. The molecule has 0 amide bonds. The predicted molar refractivity (Wildman–Crippen MR) is 120 cm³/mol. The Labute approximate surface area is 175 Å². The van der Waals surface area contributed by atoms with Gasteiger partial charge in [0.05, 0.1) is 0 Å². The van der Waals surface area contributed by atoms with Gasteiger partial charge in [-0.25, -0.2) is 0 Å². The quantitative estimate of drug-likeness (QED) is 0.469.